The number of rotatable bonds is 4. The largest absolute Gasteiger partial charge is 0.356 e. The molecule has 1 aliphatic rings. The van der Waals surface area contributed by atoms with E-state index < -0.39 is 11.9 Å². The van der Waals surface area contributed by atoms with Crippen molar-refractivity contribution in [2.24, 2.45) is 0 Å². The van der Waals surface area contributed by atoms with Gasteiger partial charge in [0.05, 0.1) is 0 Å². The molecule has 2 amide bonds. The number of benzene rings is 1. The summed E-state index contributed by atoms with van der Waals surface area (Å²) in [6, 6.07) is 7.88. The van der Waals surface area contributed by atoms with Crippen molar-refractivity contribution in [3.8, 4) is 0 Å². The van der Waals surface area contributed by atoms with Gasteiger partial charge in [-0.2, -0.15) is 0 Å². The lowest BCUT2D eigenvalue weighted by molar-refractivity contribution is -0.118. The van der Waals surface area contributed by atoms with E-state index >= 15 is 0 Å². The first-order chi connectivity index (χ1) is 11.5. The SMILES string of the molecule is CC(=O)c1c[nH]c(C(=O)NC2CCN(c3ccc(Cl)cc3)C2=O)c1. The third-order valence-corrected chi connectivity index (χ3v) is 4.24. The number of Topliss-reactive ketones (excluding diaryl/α,β-unsaturated/α-hetero) is 1. The predicted molar refractivity (Wildman–Crippen MR) is 90.5 cm³/mol. The van der Waals surface area contributed by atoms with Crippen LogP contribution in [0.25, 0.3) is 0 Å². The number of carbonyl (C=O) groups excluding carboxylic acids is 3. The van der Waals surface area contributed by atoms with Crippen LogP contribution >= 0.6 is 11.6 Å². The molecule has 3 rings (SSSR count). The van der Waals surface area contributed by atoms with Gasteiger partial charge >= 0.3 is 0 Å². The second kappa shape index (κ2) is 6.49. The molecule has 2 N–H and O–H groups in total. The number of nitrogens with one attached hydrogen (secondary N) is 2. The van der Waals surface area contributed by atoms with Crippen LogP contribution < -0.4 is 10.2 Å². The molecule has 0 bridgehead atoms. The quantitative estimate of drug-likeness (QED) is 0.835. The standard InChI is InChI=1S/C17H16ClN3O3/c1-10(22)11-8-15(19-9-11)16(23)20-14-6-7-21(17(14)24)13-4-2-12(18)3-5-13/h2-5,8-9,14,19H,6-7H2,1H3,(H,20,23). The molecule has 0 radical (unpaired) electrons. The van der Waals surface area contributed by atoms with Gasteiger partial charge in [0.25, 0.3) is 5.91 Å². The minimum Gasteiger partial charge on any atom is -0.356 e. The number of carbonyl (C=O) groups is 3. The topological polar surface area (TPSA) is 82.3 Å². The van der Waals surface area contributed by atoms with Crippen molar-refractivity contribution in [1.29, 1.82) is 0 Å². The molecule has 0 spiro atoms. The molecular weight excluding hydrogens is 330 g/mol. The molecule has 2 heterocycles. The van der Waals surface area contributed by atoms with Crippen molar-refractivity contribution in [2.45, 2.75) is 19.4 Å². The minimum atomic E-state index is -0.586. The van der Waals surface area contributed by atoms with E-state index in [0.29, 0.717) is 23.6 Å². The molecule has 1 saturated heterocycles. The lowest BCUT2D eigenvalue weighted by atomic mass is 10.2. The lowest BCUT2D eigenvalue weighted by Crippen LogP contribution is -2.41. The highest BCUT2D eigenvalue weighted by Gasteiger charge is 2.34. The van der Waals surface area contributed by atoms with Crippen LogP contribution in [0.1, 0.15) is 34.2 Å². The fourth-order valence-corrected chi connectivity index (χ4v) is 2.78. The fraction of sp³-hybridized carbons (Fsp3) is 0.235. The summed E-state index contributed by atoms with van der Waals surface area (Å²) in [6.07, 6.45) is 2.00. The third-order valence-electron chi connectivity index (χ3n) is 3.98. The molecule has 6 nitrogen and oxygen atoms in total. The summed E-state index contributed by atoms with van der Waals surface area (Å²) in [7, 11) is 0. The number of aromatic nitrogens is 1. The van der Waals surface area contributed by atoms with E-state index in [0.717, 1.165) is 5.69 Å². The molecule has 7 heteroatoms. The minimum absolute atomic E-state index is 0.129. The van der Waals surface area contributed by atoms with Gasteiger partial charge in [0.1, 0.15) is 11.7 Å². The number of hydrogen-bond acceptors (Lipinski definition) is 3. The number of nitrogens with zero attached hydrogens (tertiary/aromatic N) is 1. The highest BCUT2D eigenvalue weighted by molar-refractivity contribution is 6.30. The molecule has 1 aliphatic heterocycles. The van der Waals surface area contributed by atoms with Gasteiger partial charge < -0.3 is 15.2 Å². The predicted octanol–water partition coefficient (Wildman–Crippen LogP) is 2.41. The molecule has 24 heavy (non-hydrogen) atoms. The average Bonchev–Trinajstić information content (AvgIpc) is 3.17. The Kier molecular flexibility index (Phi) is 4.40. The summed E-state index contributed by atoms with van der Waals surface area (Å²) >= 11 is 5.86. The number of halogens is 1. The molecule has 1 atom stereocenters. The molecule has 124 valence electrons. The number of amides is 2. The Morgan fingerprint density at radius 2 is 2.00 bits per heavy atom. The zero-order valence-corrected chi connectivity index (χ0v) is 13.8. The van der Waals surface area contributed by atoms with Crippen LogP contribution in [0.15, 0.2) is 36.5 Å². The van der Waals surface area contributed by atoms with Crippen LogP contribution in [-0.4, -0.2) is 35.2 Å². The lowest BCUT2D eigenvalue weighted by Gasteiger charge is -2.17. The van der Waals surface area contributed by atoms with Crippen LogP contribution in [0.4, 0.5) is 5.69 Å². The van der Waals surface area contributed by atoms with Crippen LogP contribution in [0.5, 0.6) is 0 Å². The molecule has 0 aliphatic carbocycles. The van der Waals surface area contributed by atoms with E-state index in [9.17, 15) is 14.4 Å². The Balaban J connectivity index is 1.67. The van der Waals surface area contributed by atoms with Crippen LogP contribution in [0, 0.1) is 0 Å². The van der Waals surface area contributed by atoms with Gasteiger partial charge in [0.15, 0.2) is 5.78 Å². The van der Waals surface area contributed by atoms with Crippen molar-refractivity contribution >= 4 is 34.9 Å². The van der Waals surface area contributed by atoms with Gasteiger partial charge in [-0.3, -0.25) is 14.4 Å². The summed E-state index contributed by atoms with van der Waals surface area (Å²) in [4.78, 5) is 40.4. The highest BCUT2D eigenvalue weighted by atomic mass is 35.5. The maximum Gasteiger partial charge on any atom is 0.268 e. The molecular formula is C17H16ClN3O3. The first-order valence-electron chi connectivity index (χ1n) is 7.53. The maximum absolute atomic E-state index is 12.5. The highest BCUT2D eigenvalue weighted by Crippen LogP contribution is 2.23. The van der Waals surface area contributed by atoms with Crippen molar-refractivity contribution in [2.75, 3.05) is 11.4 Å². The zero-order valence-electron chi connectivity index (χ0n) is 13.0. The Hall–Kier alpha value is -2.60. The summed E-state index contributed by atoms with van der Waals surface area (Å²) in [5.41, 5.74) is 1.44. The van der Waals surface area contributed by atoms with E-state index in [1.807, 2.05) is 0 Å². The van der Waals surface area contributed by atoms with E-state index in [1.54, 1.807) is 29.2 Å². The Labute approximate surface area is 143 Å². The van der Waals surface area contributed by atoms with Crippen LogP contribution in [0.3, 0.4) is 0 Å². The number of anilines is 1. The fourth-order valence-electron chi connectivity index (χ4n) is 2.66. The molecule has 1 unspecified atom stereocenters. The molecule has 1 aromatic heterocycles. The van der Waals surface area contributed by atoms with Crippen molar-refractivity contribution < 1.29 is 14.4 Å². The van der Waals surface area contributed by atoms with E-state index in [1.165, 1.54) is 19.2 Å². The van der Waals surface area contributed by atoms with Crippen LogP contribution in [-0.2, 0) is 4.79 Å². The van der Waals surface area contributed by atoms with Gasteiger partial charge in [-0.1, -0.05) is 11.6 Å². The van der Waals surface area contributed by atoms with Gasteiger partial charge in [-0.15, -0.1) is 0 Å². The van der Waals surface area contributed by atoms with Gasteiger partial charge in [0, 0.05) is 29.0 Å². The second-order valence-corrected chi connectivity index (χ2v) is 6.08. The van der Waals surface area contributed by atoms with E-state index in [2.05, 4.69) is 10.3 Å². The number of ketones is 1. The Morgan fingerprint density at radius 1 is 1.29 bits per heavy atom. The normalized spacial score (nSPS) is 17.2. The van der Waals surface area contributed by atoms with Crippen molar-refractivity contribution in [3.63, 3.8) is 0 Å². The maximum atomic E-state index is 12.5. The number of aromatic amines is 1. The summed E-state index contributed by atoms with van der Waals surface area (Å²) in [6.45, 7) is 1.95. The summed E-state index contributed by atoms with van der Waals surface area (Å²) in [5.74, 6) is -0.695. The van der Waals surface area contributed by atoms with Crippen LogP contribution in [0.2, 0.25) is 5.02 Å². The Morgan fingerprint density at radius 3 is 2.62 bits per heavy atom. The molecule has 0 saturated carbocycles. The van der Waals surface area contributed by atoms with Crippen molar-refractivity contribution in [3.05, 3.63) is 52.8 Å². The first-order valence-corrected chi connectivity index (χ1v) is 7.90. The molecule has 1 aromatic carbocycles. The molecule has 2 aromatic rings. The third kappa shape index (κ3) is 3.19. The van der Waals surface area contributed by atoms with Gasteiger partial charge in [-0.25, -0.2) is 0 Å². The number of H-pyrrole nitrogens is 1. The first kappa shape index (κ1) is 16.3. The molecule has 1 fully saturated rings. The monoisotopic (exact) mass is 345 g/mol. The second-order valence-electron chi connectivity index (χ2n) is 5.64. The number of hydrogen-bond donors (Lipinski definition) is 2. The average molecular weight is 346 g/mol. The van der Waals surface area contributed by atoms with Gasteiger partial charge in [0.2, 0.25) is 5.91 Å². The zero-order chi connectivity index (χ0) is 17.3. The van der Waals surface area contributed by atoms with E-state index in [-0.39, 0.29) is 17.4 Å². The Bertz CT molecular complexity index is 798. The van der Waals surface area contributed by atoms with Gasteiger partial charge in [-0.05, 0) is 43.7 Å². The van der Waals surface area contributed by atoms with E-state index in [4.69, 9.17) is 11.6 Å². The smallest absolute Gasteiger partial charge is 0.268 e. The van der Waals surface area contributed by atoms with Crippen molar-refractivity contribution in [1.82, 2.24) is 10.3 Å². The summed E-state index contributed by atoms with van der Waals surface area (Å²) < 4.78 is 0. The summed E-state index contributed by atoms with van der Waals surface area (Å²) in [5, 5.41) is 3.31.